The van der Waals surface area contributed by atoms with E-state index in [0.29, 0.717) is 33.2 Å². The molecule has 0 bridgehead atoms. The number of fused-ring (bicyclic) bond motifs is 1. The molecule has 0 aliphatic heterocycles. The second-order valence-corrected chi connectivity index (χ2v) is 7.83. The molecule has 0 fully saturated rings. The van der Waals surface area contributed by atoms with Gasteiger partial charge in [-0.15, -0.1) is 10.2 Å². The zero-order valence-electron chi connectivity index (χ0n) is 15.8. The van der Waals surface area contributed by atoms with E-state index in [2.05, 4.69) is 15.2 Å². The van der Waals surface area contributed by atoms with Crippen LogP contribution in [0.15, 0.2) is 57.0 Å². The number of aromatic nitrogens is 4. The summed E-state index contributed by atoms with van der Waals surface area (Å²) in [6.45, 7) is 4.18. The number of pyridine rings is 1. The Hall–Kier alpha value is -2.84. The fourth-order valence-corrected chi connectivity index (χ4v) is 3.53. The monoisotopic (exact) mass is 428 g/mol. The van der Waals surface area contributed by atoms with Crippen molar-refractivity contribution >= 4 is 29.0 Å². The van der Waals surface area contributed by atoms with E-state index >= 15 is 0 Å². The second kappa shape index (κ2) is 8.26. The third-order valence-corrected chi connectivity index (χ3v) is 5.24. The molecule has 1 aromatic carbocycles. The minimum Gasteiger partial charge on any atom is -0.484 e. The van der Waals surface area contributed by atoms with E-state index in [0.717, 1.165) is 16.9 Å². The molecule has 7 nitrogen and oxygen atoms in total. The van der Waals surface area contributed by atoms with Crippen LogP contribution in [0, 0.1) is 13.8 Å². The van der Waals surface area contributed by atoms with Gasteiger partial charge < -0.3 is 9.15 Å². The van der Waals surface area contributed by atoms with Gasteiger partial charge in [-0.3, -0.25) is 9.20 Å². The number of benzene rings is 1. The van der Waals surface area contributed by atoms with Gasteiger partial charge in [-0.1, -0.05) is 35.5 Å². The van der Waals surface area contributed by atoms with Gasteiger partial charge in [0.25, 0.3) is 16.7 Å². The largest absolute Gasteiger partial charge is 0.484 e. The zero-order valence-corrected chi connectivity index (χ0v) is 17.3. The Balaban J connectivity index is 1.40. The highest BCUT2D eigenvalue weighted by Gasteiger charge is 2.10. The molecule has 148 valence electrons. The highest BCUT2D eigenvalue weighted by molar-refractivity contribution is 7.98. The highest BCUT2D eigenvalue weighted by atomic mass is 35.5. The SMILES string of the molecule is Cc1ccc(C)c(OCc2nnc(SCc3cc(=O)n4cc(Cl)ccc4n3)o2)c1. The molecule has 3 heterocycles. The maximum absolute atomic E-state index is 12.2. The van der Waals surface area contributed by atoms with E-state index in [4.69, 9.17) is 20.8 Å². The summed E-state index contributed by atoms with van der Waals surface area (Å²) in [4.78, 5) is 16.7. The second-order valence-electron chi connectivity index (χ2n) is 6.47. The van der Waals surface area contributed by atoms with Crippen LogP contribution in [0.1, 0.15) is 22.7 Å². The van der Waals surface area contributed by atoms with Crippen molar-refractivity contribution in [1.29, 1.82) is 0 Å². The van der Waals surface area contributed by atoms with E-state index in [1.165, 1.54) is 22.2 Å². The molecular weight excluding hydrogens is 412 g/mol. The Morgan fingerprint density at radius 2 is 2.03 bits per heavy atom. The van der Waals surface area contributed by atoms with Crippen molar-refractivity contribution in [2.75, 3.05) is 0 Å². The molecule has 0 aliphatic carbocycles. The molecule has 9 heteroatoms. The summed E-state index contributed by atoms with van der Waals surface area (Å²) in [5.74, 6) is 1.60. The van der Waals surface area contributed by atoms with E-state index < -0.39 is 0 Å². The van der Waals surface area contributed by atoms with Crippen LogP contribution in [0.5, 0.6) is 5.75 Å². The van der Waals surface area contributed by atoms with Crippen molar-refractivity contribution in [3.8, 4) is 5.75 Å². The minimum absolute atomic E-state index is 0.189. The number of aryl methyl sites for hydroxylation is 2. The molecule has 0 N–H and O–H groups in total. The molecular formula is C20H17ClN4O3S. The molecule has 4 rings (SSSR count). The van der Waals surface area contributed by atoms with E-state index in [9.17, 15) is 4.79 Å². The lowest BCUT2D eigenvalue weighted by Gasteiger charge is -2.07. The first-order valence-electron chi connectivity index (χ1n) is 8.81. The molecule has 0 radical (unpaired) electrons. The van der Waals surface area contributed by atoms with Crippen molar-refractivity contribution in [3.05, 3.63) is 80.7 Å². The number of halogens is 1. The Labute approximate surface area is 175 Å². The van der Waals surface area contributed by atoms with E-state index in [-0.39, 0.29) is 12.2 Å². The van der Waals surface area contributed by atoms with Crippen LogP contribution in [0.2, 0.25) is 5.02 Å². The molecule has 4 aromatic rings. The molecule has 0 saturated carbocycles. The summed E-state index contributed by atoms with van der Waals surface area (Å²) < 4.78 is 12.8. The normalized spacial score (nSPS) is 11.1. The van der Waals surface area contributed by atoms with Gasteiger partial charge in [0, 0.05) is 18.0 Å². The molecule has 0 aliphatic rings. The Morgan fingerprint density at radius 3 is 2.90 bits per heavy atom. The van der Waals surface area contributed by atoms with Crippen LogP contribution in [0.3, 0.4) is 0 Å². The third kappa shape index (κ3) is 4.60. The van der Waals surface area contributed by atoms with E-state index in [1.807, 2.05) is 32.0 Å². The maximum Gasteiger partial charge on any atom is 0.277 e. The minimum atomic E-state index is -0.193. The first-order chi connectivity index (χ1) is 14.0. The lowest BCUT2D eigenvalue weighted by Crippen LogP contribution is -2.15. The van der Waals surface area contributed by atoms with Gasteiger partial charge in [0.15, 0.2) is 6.61 Å². The smallest absolute Gasteiger partial charge is 0.277 e. The fourth-order valence-electron chi connectivity index (χ4n) is 2.69. The average Bonchev–Trinajstić information content (AvgIpc) is 3.15. The fraction of sp³-hybridized carbons (Fsp3) is 0.200. The van der Waals surface area contributed by atoms with Gasteiger partial charge in [0.2, 0.25) is 0 Å². The van der Waals surface area contributed by atoms with Gasteiger partial charge >= 0.3 is 0 Å². The average molecular weight is 429 g/mol. The summed E-state index contributed by atoms with van der Waals surface area (Å²) in [6.07, 6.45) is 1.55. The number of nitrogens with zero attached hydrogens (tertiary/aromatic N) is 4. The quantitative estimate of drug-likeness (QED) is 0.425. The van der Waals surface area contributed by atoms with Crippen LogP contribution in [-0.2, 0) is 12.4 Å². The van der Waals surface area contributed by atoms with Crippen LogP contribution >= 0.6 is 23.4 Å². The van der Waals surface area contributed by atoms with Gasteiger partial charge in [-0.2, -0.15) is 0 Å². The lowest BCUT2D eigenvalue weighted by atomic mass is 10.1. The maximum atomic E-state index is 12.2. The number of hydrogen-bond donors (Lipinski definition) is 0. The van der Waals surface area contributed by atoms with Crippen LogP contribution in [-0.4, -0.2) is 19.6 Å². The first-order valence-corrected chi connectivity index (χ1v) is 10.2. The topological polar surface area (TPSA) is 82.5 Å². The summed E-state index contributed by atoms with van der Waals surface area (Å²) in [5.41, 5.74) is 3.12. The van der Waals surface area contributed by atoms with Crippen molar-refractivity contribution < 1.29 is 9.15 Å². The summed E-state index contributed by atoms with van der Waals surface area (Å²) >= 11 is 7.24. The molecule has 0 spiro atoms. The van der Waals surface area contributed by atoms with Gasteiger partial charge in [-0.25, -0.2) is 4.98 Å². The van der Waals surface area contributed by atoms with Crippen LogP contribution < -0.4 is 10.3 Å². The van der Waals surface area contributed by atoms with Crippen LogP contribution in [0.4, 0.5) is 0 Å². The third-order valence-electron chi connectivity index (χ3n) is 4.16. The Morgan fingerprint density at radius 1 is 1.17 bits per heavy atom. The number of rotatable bonds is 6. The first kappa shape index (κ1) is 19.5. The number of ether oxygens (including phenoxy) is 1. The zero-order chi connectivity index (χ0) is 20.4. The van der Waals surface area contributed by atoms with Crippen molar-refractivity contribution in [3.63, 3.8) is 0 Å². The Bertz CT molecular complexity index is 1240. The predicted octanol–water partition coefficient (Wildman–Crippen LogP) is 4.22. The van der Waals surface area contributed by atoms with E-state index in [1.54, 1.807) is 18.3 Å². The van der Waals surface area contributed by atoms with Crippen LogP contribution in [0.25, 0.3) is 5.65 Å². The van der Waals surface area contributed by atoms with Crippen molar-refractivity contribution in [1.82, 2.24) is 19.6 Å². The van der Waals surface area contributed by atoms with Crippen molar-refractivity contribution in [2.24, 2.45) is 0 Å². The summed E-state index contributed by atoms with van der Waals surface area (Å²) in [6, 6.07) is 10.9. The molecule has 0 amide bonds. The number of thioether (sulfide) groups is 1. The Kier molecular flexibility index (Phi) is 5.55. The standard InChI is InChI=1S/C20H17ClN4O3S/c1-12-3-4-13(2)16(7-12)27-10-18-23-24-20(28-18)29-11-15-8-19(26)25-9-14(21)5-6-17(25)22-15/h3-9H,10-11H2,1-2H3. The predicted molar refractivity (Wildman–Crippen MR) is 111 cm³/mol. The summed E-state index contributed by atoms with van der Waals surface area (Å²) in [5, 5.41) is 8.90. The lowest BCUT2D eigenvalue weighted by molar-refractivity contribution is 0.250. The molecule has 3 aromatic heterocycles. The molecule has 0 atom stereocenters. The van der Waals surface area contributed by atoms with Crippen molar-refractivity contribution in [2.45, 2.75) is 31.4 Å². The number of hydrogen-bond acceptors (Lipinski definition) is 7. The molecule has 29 heavy (non-hydrogen) atoms. The summed E-state index contributed by atoms with van der Waals surface area (Å²) in [7, 11) is 0. The molecule has 0 unspecified atom stereocenters. The van der Waals surface area contributed by atoms with Gasteiger partial charge in [0.1, 0.15) is 11.4 Å². The molecule has 0 saturated heterocycles. The van der Waals surface area contributed by atoms with Gasteiger partial charge in [-0.05, 0) is 43.2 Å². The highest BCUT2D eigenvalue weighted by Crippen LogP contribution is 2.23. The van der Waals surface area contributed by atoms with Gasteiger partial charge in [0.05, 0.1) is 10.7 Å².